The number of hydrogen-bond donors (Lipinski definition) is 3. The highest BCUT2D eigenvalue weighted by Crippen LogP contribution is 2.46. The molecule has 2 atom stereocenters. The number of fused-ring (bicyclic) bond motifs is 2. The lowest BCUT2D eigenvalue weighted by atomic mass is 9.97. The zero-order valence-electron chi connectivity index (χ0n) is 24.3. The Bertz CT molecular complexity index is 1530. The number of ketones is 1. The minimum absolute atomic E-state index is 0.0320. The van der Waals surface area contributed by atoms with Crippen molar-refractivity contribution in [2.24, 2.45) is 11.8 Å². The largest absolute Gasteiger partial charge is 0.309 e. The van der Waals surface area contributed by atoms with E-state index in [0.29, 0.717) is 47.2 Å². The molecule has 1 amide bonds. The summed E-state index contributed by atoms with van der Waals surface area (Å²) in [5, 5.41) is 12.6. The van der Waals surface area contributed by atoms with Crippen molar-refractivity contribution in [2.75, 3.05) is 25.0 Å². The van der Waals surface area contributed by atoms with E-state index in [2.05, 4.69) is 26.3 Å². The van der Waals surface area contributed by atoms with Crippen LogP contribution in [0.5, 0.6) is 0 Å². The SMILES string of the molecule is CC(=O)c1c(C)c2cnc(Nc3ccc(C4CC5CN(CCCC(=O)NO)CC5C4)cn3)nc2n(C2CCCC2)c1=O. The number of aryl methyl sites for hydroxylation is 1. The number of likely N-dealkylation sites (tertiary alicyclic amines) is 1. The molecule has 3 aliphatic rings. The number of hydroxylamine groups is 1. The number of amides is 1. The molecular formula is C31H39N7O4. The molecule has 11 nitrogen and oxygen atoms in total. The smallest absolute Gasteiger partial charge is 0.263 e. The Morgan fingerprint density at radius 2 is 1.81 bits per heavy atom. The third kappa shape index (κ3) is 5.55. The average Bonchev–Trinajstić information content (AvgIpc) is 3.71. The second kappa shape index (κ2) is 11.9. The molecule has 2 saturated carbocycles. The Morgan fingerprint density at radius 3 is 2.45 bits per heavy atom. The standard InChI is InChI=1S/C31H39N7O4/c1-18-25-15-33-31(35-29(25)38(24-6-3-4-7-24)30(41)28(18)19(2)39)34-26-10-9-20(14-32-26)21-12-22-16-37(17-23(22)13-21)11-5-8-27(40)36-42/h9-10,14-15,21-24,42H,3-8,11-13,16-17H2,1-2H3,(H,36,40)(H,32,33,34,35). The van der Waals surface area contributed by atoms with Gasteiger partial charge >= 0.3 is 0 Å². The molecule has 0 aromatic carbocycles. The lowest BCUT2D eigenvalue weighted by Gasteiger charge is -2.19. The van der Waals surface area contributed by atoms with Crippen LogP contribution in [0.4, 0.5) is 11.8 Å². The fourth-order valence-corrected chi connectivity index (χ4v) is 7.51. The fourth-order valence-electron chi connectivity index (χ4n) is 7.51. The maximum atomic E-state index is 13.5. The van der Waals surface area contributed by atoms with Crippen molar-refractivity contribution in [3.8, 4) is 0 Å². The second-order valence-corrected chi connectivity index (χ2v) is 12.3. The van der Waals surface area contributed by atoms with E-state index in [4.69, 9.17) is 10.2 Å². The highest BCUT2D eigenvalue weighted by Gasteiger charge is 2.41. The van der Waals surface area contributed by atoms with Crippen molar-refractivity contribution < 1.29 is 14.8 Å². The van der Waals surface area contributed by atoms with Crippen LogP contribution in [-0.4, -0.2) is 61.0 Å². The summed E-state index contributed by atoms with van der Waals surface area (Å²) in [5.74, 6) is 2.27. The molecule has 3 aromatic rings. The van der Waals surface area contributed by atoms with Gasteiger partial charge in [0, 0.05) is 43.3 Å². The number of aromatic nitrogens is 4. The molecule has 0 spiro atoms. The summed E-state index contributed by atoms with van der Waals surface area (Å²) >= 11 is 0. The van der Waals surface area contributed by atoms with Crippen molar-refractivity contribution >= 4 is 34.5 Å². The summed E-state index contributed by atoms with van der Waals surface area (Å²) in [7, 11) is 0. The summed E-state index contributed by atoms with van der Waals surface area (Å²) < 4.78 is 1.72. The van der Waals surface area contributed by atoms with Crippen LogP contribution < -0.4 is 16.4 Å². The molecule has 4 heterocycles. The average molecular weight is 574 g/mol. The molecule has 0 radical (unpaired) electrons. The molecule has 1 aliphatic heterocycles. The van der Waals surface area contributed by atoms with Gasteiger partial charge < -0.3 is 10.2 Å². The molecule has 3 N–H and O–H groups in total. The normalized spacial score (nSPS) is 22.5. The number of Topliss-reactive ketones (excluding diaryl/α,β-unsaturated/α-hetero) is 1. The summed E-state index contributed by atoms with van der Waals surface area (Å²) in [5.41, 5.74) is 4.10. The highest BCUT2D eigenvalue weighted by atomic mass is 16.5. The lowest BCUT2D eigenvalue weighted by molar-refractivity contribution is -0.129. The fraction of sp³-hybridized carbons (Fsp3) is 0.548. The third-order valence-electron chi connectivity index (χ3n) is 9.58. The molecule has 11 heteroatoms. The second-order valence-electron chi connectivity index (χ2n) is 12.3. The Labute approximate surface area is 244 Å². The van der Waals surface area contributed by atoms with Crippen molar-refractivity contribution in [3.05, 3.63) is 51.6 Å². The van der Waals surface area contributed by atoms with Crippen LogP contribution in [0.15, 0.2) is 29.3 Å². The van der Waals surface area contributed by atoms with E-state index in [9.17, 15) is 14.4 Å². The molecule has 2 unspecified atom stereocenters. The first-order valence-electron chi connectivity index (χ1n) is 15.1. The topological polar surface area (TPSA) is 142 Å². The number of nitrogens with zero attached hydrogens (tertiary/aromatic N) is 5. The van der Waals surface area contributed by atoms with Gasteiger partial charge in [0.15, 0.2) is 5.78 Å². The molecule has 2 aliphatic carbocycles. The highest BCUT2D eigenvalue weighted by molar-refractivity contribution is 5.99. The number of hydrogen-bond acceptors (Lipinski definition) is 9. The predicted octanol–water partition coefficient (Wildman–Crippen LogP) is 4.27. The van der Waals surface area contributed by atoms with Gasteiger partial charge in [-0.25, -0.2) is 15.4 Å². The van der Waals surface area contributed by atoms with E-state index in [1.807, 2.05) is 12.3 Å². The van der Waals surface area contributed by atoms with Gasteiger partial charge in [0.05, 0.1) is 5.56 Å². The number of carbonyl (C=O) groups is 2. The summed E-state index contributed by atoms with van der Waals surface area (Å²) in [6, 6.07) is 4.12. The Morgan fingerprint density at radius 1 is 1.07 bits per heavy atom. The van der Waals surface area contributed by atoms with E-state index >= 15 is 0 Å². The minimum atomic E-state index is -0.324. The maximum absolute atomic E-state index is 13.5. The van der Waals surface area contributed by atoms with Crippen LogP contribution in [-0.2, 0) is 4.79 Å². The van der Waals surface area contributed by atoms with Crippen LogP contribution in [0.3, 0.4) is 0 Å². The molecule has 42 heavy (non-hydrogen) atoms. The lowest BCUT2D eigenvalue weighted by Crippen LogP contribution is -2.30. The predicted molar refractivity (Wildman–Crippen MR) is 158 cm³/mol. The Kier molecular flexibility index (Phi) is 8.04. The zero-order valence-corrected chi connectivity index (χ0v) is 24.3. The van der Waals surface area contributed by atoms with Crippen LogP contribution in [0.25, 0.3) is 11.0 Å². The molecular weight excluding hydrogens is 534 g/mol. The number of nitrogens with one attached hydrogen (secondary N) is 2. The Hall–Kier alpha value is -3.70. The van der Waals surface area contributed by atoms with Crippen LogP contribution in [0.2, 0.25) is 0 Å². The van der Waals surface area contributed by atoms with Gasteiger partial charge in [-0.3, -0.25) is 24.2 Å². The van der Waals surface area contributed by atoms with Crippen LogP contribution in [0.1, 0.15) is 91.7 Å². The van der Waals surface area contributed by atoms with Gasteiger partial charge in [-0.2, -0.15) is 4.98 Å². The van der Waals surface area contributed by atoms with Gasteiger partial charge in [-0.05, 0) is 87.4 Å². The van der Waals surface area contributed by atoms with Crippen LogP contribution in [0, 0.1) is 18.8 Å². The maximum Gasteiger partial charge on any atom is 0.263 e. The first-order chi connectivity index (χ1) is 20.3. The molecule has 6 rings (SSSR count). The van der Waals surface area contributed by atoms with Crippen molar-refractivity contribution in [3.63, 3.8) is 0 Å². The summed E-state index contributed by atoms with van der Waals surface area (Å²) in [4.78, 5) is 53.5. The minimum Gasteiger partial charge on any atom is -0.309 e. The molecule has 1 saturated heterocycles. The quantitative estimate of drug-likeness (QED) is 0.194. The molecule has 222 valence electrons. The molecule has 3 aromatic heterocycles. The number of rotatable bonds is 9. The summed E-state index contributed by atoms with van der Waals surface area (Å²) in [6.45, 7) is 6.25. The number of pyridine rings is 2. The first kappa shape index (κ1) is 28.4. The van der Waals surface area contributed by atoms with E-state index in [1.54, 1.807) is 23.2 Å². The zero-order chi connectivity index (χ0) is 29.4. The van der Waals surface area contributed by atoms with E-state index in [-0.39, 0.29) is 28.9 Å². The number of anilines is 2. The van der Waals surface area contributed by atoms with Gasteiger partial charge in [0.2, 0.25) is 11.9 Å². The van der Waals surface area contributed by atoms with Gasteiger partial charge in [0.1, 0.15) is 11.5 Å². The Balaban J connectivity index is 1.14. The van der Waals surface area contributed by atoms with Crippen molar-refractivity contribution in [1.29, 1.82) is 0 Å². The van der Waals surface area contributed by atoms with E-state index in [1.165, 1.54) is 12.5 Å². The summed E-state index contributed by atoms with van der Waals surface area (Å²) in [6.07, 6.45) is 10.9. The van der Waals surface area contributed by atoms with Crippen molar-refractivity contribution in [1.82, 2.24) is 29.9 Å². The van der Waals surface area contributed by atoms with E-state index in [0.717, 1.165) is 70.0 Å². The van der Waals surface area contributed by atoms with Gasteiger partial charge in [-0.1, -0.05) is 18.9 Å². The third-order valence-corrected chi connectivity index (χ3v) is 9.58. The van der Waals surface area contributed by atoms with E-state index < -0.39 is 0 Å². The van der Waals surface area contributed by atoms with Crippen molar-refractivity contribution in [2.45, 2.75) is 77.2 Å². The van der Waals surface area contributed by atoms with Gasteiger partial charge in [0.25, 0.3) is 5.56 Å². The molecule has 3 fully saturated rings. The van der Waals surface area contributed by atoms with Gasteiger partial charge in [-0.15, -0.1) is 0 Å². The first-order valence-corrected chi connectivity index (χ1v) is 15.1. The molecule has 0 bridgehead atoms. The number of carbonyl (C=O) groups excluding carboxylic acids is 2. The van der Waals surface area contributed by atoms with Crippen LogP contribution >= 0.6 is 0 Å². The monoisotopic (exact) mass is 573 g/mol.